The summed E-state index contributed by atoms with van der Waals surface area (Å²) >= 11 is 1.85. The first-order valence-corrected chi connectivity index (χ1v) is 6.72. The number of nitrogens with zero attached hydrogens (tertiary/aromatic N) is 2. The maximum absolute atomic E-state index is 4.50. The molecule has 1 aliphatic rings. The van der Waals surface area contributed by atoms with Crippen LogP contribution in [0.5, 0.6) is 0 Å². The molecule has 1 N–H and O–H groups in total. The molecule has 0 spiro atoms. The highest BCUT2D eigenvalue weighted by Crippen LogP contribution is 2.31. The van der Waals surface area contributed by atoms with Crippen LogP contribution in [0, 0.1) is 0 Å². The summed E-state index contributed by atoms with van der Waals surface area (Å²) in [5.41, 5.74) is 0. The van der Waals surface area contributed by atoms with Crippen molar-refractivity contribution in [1.29, 1.82) is 0 Å². The van der Waals surface area contributed by atoms with Crippen LogP contribution in [0.25, 0.3) is 0 Å². The molecule has 1 fully saturated rings. The van der Waals surface area contributed by atoms with Crippen LogP contribution in [-0.4, -0.2) is 20.4 Å². The Labute approximate surface area is 95.5 Å². The van der Waals surface area contributed by atoms with Gasteiger partial charge in [0.25, 0.3) is 0 Å². The fourth-order valence-electron chi connectivity index (χ4n) is 1.90. The van der Waals surface area contributed by atoms with E-state index in [0.717, 1.165) is 16.2 Å². The molecule has 1 aromatic rings. The van der Waals surface area contributed by atoms with Gasteiger partial charge < -0.3 is 0 Å². The number of H-pyrrole nitrogens is 1. The average Bonchev–Trinajstić information content (AvgIpc) is 2.68. The lowest BCUT2D eigenvalue weighted by atomic mass is 10.0. The van der Waals surface area contributed by atoms with Crippen LogP contribution in [0.2, 0.25) is 0 Å². The molecule has 0 unspecified atom stereocenters. The third-order valence-corrected chi connectivity index (χ3v) is 4.05. The molecule has 84 valence electrons. The number of thioether (sulfide) groups is 1. The molecular weight excluding hydrogens is 206 g/mol. The highest BCUT2D eigenvalue weighted by Gasteiger charge is 2.17. The zero-order valence-electron chi connectivity index (χ0n) is 9.49. The number of aromatic nitrogens is 3. The first-order valence-electron chi connectivity index (χ1n) is 5.84. The number of aromatic amines is 1. The third-order valence-electron chi connectivity index (χ3n) is 2.85. The summed E-state index contributed by atoms with van der Waals surface area (Å²) in [7, 11) is 0. The van der Waals surface area contributed by atoms with E-state index in [0.29, 0.717) is 5.92 Å². The smallest absolute Gasteiger partial charge is 0.208 e. The lowest BCUT2D eigenvalue weighted by Crippen LogP contribution is -2.07. The molecule has 1 heterocycles. The second-order valence-corrected chi connectivity index (χ2v) is 5.80. The Kier molecular flexibility index (Phi) is 3.67. The summed E-state index contributed by atoms with van der Waals surface area (Å²) in [5.74, 6) is 1.45. The van der Waals surface area contributed by atoms with E-state index in [2.05, 4.69) is 29.0 Å². The third kappa shape index (κ3) is 2.97. The van der Waals surface area contributed by atoms with Gasteiger partial charge in [0.2, 0.25) is 5.16 Å². The van der Waals surface area contributed by atoms with Crippen LogP contribution in [0.3, 0.4) is 0 Å². The van der Waals surface area contributed by atoms with Crippen LogP contribution < -0.4 is 0 Å². The molecule has 0 saturated heterocycles. The normalized spacial score (nSPS) is 18.6. The van der Waals surface area contributed by atoms with Crippen LogP contribution >= 0.6 is 11.8 Å². The molecule has 0 aliphatic heterocycles. The Hall–Kier alpha value is -0.510. The molecule has 0 bridgehead atoms. The first-order chi connectivity index (χ1) is 7.25. The minimum absolute atomic E-state index is 0.443. The second-order valence-electron chi connectivity index (χ2n) is 4.54. The van der Waals surface area contributed by atoms with Crippen molar-refractivity contribution >= 4 is 11.8 Å². The van der Waals surface area contributed by atoms with E-state index in [1.807, 2.05) is 11.8 Å². The van der Waals surface area contributed by atoms with Crippen molar-refractivity contribution in [2.24, 2.45) is 0 Å². The van der Waals surface area contributed by atoms with Gasteiger partial charge in [-0.1, -0.05) is 44.9 Å². The molecule has 2 rings (SSSR count). The topological polar surface area (TPSA) is 41.6 Å². The van der Waals surface area contributed by atoms with Crippen molar-refractivity contribution in [2.45, 2.75) is 62.3 Å². The van der Waals surface area contributed by atoms with Crippen molar-refractivity contribution in [1.82, 2.24) is 15.2 Å². The monoisotopic (exact) mass is 225 g/mol. The predicted molar refractivity (Wildman–Crippen MR) is 63.2 cm³/mol. The van der Waals surface area contributed by atoms with Crippen LogP contribution in [0.4, 0.5) is 0 Å². The van der Waals surface area contributed by atoms with Crippen molar-refractivity contribution in [3.05, 3.63) is 5.82 Å². The van der Waals surface area contributed by atoms with E-state index in [1.54, 1.807) is 0 Å². The molecule has 15 heavy (non-hydrogen) atoms. The van der Waals surface area contributed by atoms with Crippen molar-refractivity contribution in [2.75, 3.05) is 0 Å². The Balaban J connectivity index is 1.91. The van der Waals surface area contributed by atoms with Crippen LogP contribution in [-0.2, 0) is 0 Å². The summed E-state index contributed by atoms with van der Waals surface area (Å²) in [6, 6.07) is 0. The van der Waals surface area contributed by atoms with Crippen LogP contribution in [0.1, 0.15) is 57.7 Å². The summed E-state index contributed by atoms with van der Waals surface area (Å²) < 4.78 is 0. The summed E-state index contributed by atoms with van der Waals surface area (Å²) in [6.07, 6.45) is 6.81. The van der Waals surface area contributed by atoms with Gasteiger partial charge >= 0.3 is 0 Å². The molecule has 1 aromatic heterocycles. The largest absolute Gasteiger partial charge is 0.262 e. The van der Waals surface area contributed by atoms with Crippen molar-refractivity contribution < 1.29 is 0 Å². The van der Waals surface area contributed by atoms with E-state index >= 15 is 0 Å². The summed E-state index contributed by atoms with van der Waals surface area (Å²) in [6.45, 7) is 4.27. The van der Waals surface area contributed by atoms with E-state index in [9.17, 15) is 0 Å². The maximum Gasteiger partial charge on any atom is 0.208 e. The summed E-state index contributed by atoms with van der Waals surface area (Å²) in [4.78, 5) is 4.50. The maximum atomic E-state index is 4.50. The Morgan fingerprint density at radius 1 is 1.27 bits per heavy atom. The van der Waals surface area contributed by atoms with Gasteiger partial charge in [0.1, 0.15) is 5.82 Å². The highest BCUT2D eigenvalue weighted by molar-refractivity contribution is 7.99. The van der Waals surface area contributed by atoms with Gasteiger partial charge in [-0.2, -0.15) is 0 Å². The summed E-state index contributed by atoms with van der Waals surface area (Å²) in [5, 5.41) is 8.95. The molecule has 3 nitrogen and oxygen atoms in total. The van der Waals surface area contributed by atoms with Crippen molar-refractivity contribution in [3.63, 3.8) is 0 Å². The molecule has 1 aliphatic carbocycles. The fraction of sp³-hybridized carbons (Fsp3) is 0.818. The zero-order chi connectivity index (χ0) is 10.7. The van der Waals surface area contributed by atoms with Gasteiger partial charge in [0, 0.05) is 11.2 Å². The predicted octanol–water partition coefficient (Wildman–Crippen LogP) is 3.35. The Morgan fingerprint density at radius 3 is 2.60 bits per heavy atom. The van der Waals surface area contributed by atoms with E-state index in [-0.39, 0.29) is 0 Å². The lowest BCUT2D eigenvalue weighted by Gasteiger charge is -2.18. The van der Waals surface area contributed by atoms with Gasteiger partial charge in [0.15, 0.2) is 0 Å². The first kappa shape index (κ1) is 11.0. The SMILES string of the molecule is CC(C)c1nc(SC2CCCCC2)n[nH]1. The molecule has 4 heteroatoms. The van der Waals surface area contributed by atoms with E-state index in [1.165, 1.54) is 32.1 Å². The number of rotatable bonds is 3. The Morgan fingerprint density at radius 2 is 2.00 bits per heavy atom. The quantitative estimate of drug-likeness (QED) is 0.857. The van der Waals surface area contributed by atoms with Crippen molar-refractivity contribution in [3.8, 4) is 0 Å². The molecular formula is C11H19N3S. The van der Waals surface area contributed by atoms with Gasteiger partial charge in [-0.05, 0) is 12.8 Å². The minimum Gasteiger partial charge on any atom is -0.262 e. The number of hydrogen-bond donors (Lipinski definition) is 1. The molecule has 0 aromatic carbocycles. The van der Waals surface area contributed by atoms with Gasteiger partial charge in [-0.15, -0.1) is 5.10 Å². The van der Waals surface area contributed by atoms with Crippen LogP contribution in [0.15, 0.2) is 5.16 Å². The number of nitrogens with one attached hydrogen (secondary N) is 1. The van der Waals surface area contributed by atoms with Gasteiger partial charge in [0.05, 0.1) is 0 Å². The standard InChI is InChI=1S/C11H19N3S/c1-8(2)10-12-11(14-13-10)15-9-6-4-3-5-7-9/h8-9H,3-7H2,1-2H3,(H,12,13,14). The molecule has 0 radical (unpaired) electrons. The molecule has 0 amide bonds. The lowest BCUT2D eigenvalue weighted by molar-refractivity contribution is 0.515. The molecule has 1 saturated carbocycles. The van der Waals surface area contributed by atoms with E-state index in [4.69, 9.17) is 0 Å². The molecule has 0 atom stereocenters. The average molecular weight is 225 g/mol. The fourth-order valence-corrected chi connectivity index (χ4v) is 3.02. The van der Waals surface area contributed by atoms with E-state index < -0.39 is 0 Å². The van der Waals surface area contributed by atoms with Gasteiger partial charge in [-0.25, -0.2) is 4.98 Å². The zero-order valence-corrected chi connectivity index (χ0v) is 10.3. The highest BCUT2D eigenvalue weighted by atomic mass is 32.2. The number of hydrogen-bond acceptors (Lipinski definition) is 3. The Bertz CT molecular complexity index is 303. The minimum atomic E-state index is 0.443. The van der Waals surface area contributed by atoms with Gasteiger partial charge in [-0.3, -0.25) is 5.10 Å². The second kappa shape index (κ2) is 5.01.